The van der Waals surface area contributed by atoms with Gasteiger partial charge in [0.1, 0.15) is 5.69 Å². The Hall–Kier alpha value is -2.44. The Kier molecular flexibility index (Phi) is 5.63. The predicted octanol–water partition coefficient (Wildman–Crippen LogP) is 3.39. The van der Waals surface area contributed by atoms with Gasteiger partial charge in [0.05, 0.1) is 24.2 Å². The van der Waals surface area contributed by atoms with Crippen molar-refractivity contribution in [1.29, 1.82) is 0 Å². The molecule has 25 heavy (non-hydrogen) atoms. The molecule has 0 aromatic heterocycles. The summed E-state index contributed by atoms with van der Waals surface area (Å²) in [4.78, 5) is 13.2. The molecular weight excluding hydrogens is 318 g/mol. The van der Waals surface area contributed by atoms with E-state index < -0.39 is 0 Å². The molecule has 1 atom stereocenters. The van der Waals surface area contributed by atoms with E-state index in [9.17, 15) is 10.1 Å². The van der Waals surface area contributed by atoms with Crippen molar-refractivity contribution >= 4 is 11.4 Å². The van der Waals surface area contributed by atoms with Gasteiger partial charge in [-0.05, 0) is 18.6 Å². The van der Waals surface area contributed by atoms with Crippen LogP contribution in [-0.2, 0) is 4.74 Å². The molecule has 0 radical (unpaired) electrons. The van der Waals surface area contributed by atoms with Gasteiger partial charge in [0.25, 0.3) is 5.69 Å². The number of benzene rings is 2. The van der Waals surface area contributed by atoms with Crippen LogP contribution in [0, 0.1) is 17.0 Å². The molecule has 6 nitrogen and oxygen atoms in total. The van der Waals surface area contributed by atoms with Gasteiger partial charge in [-0.15, -0.1) is 0 Å². The summed E-state index contributed by atoms with van der Waals surface area (Å²) < 4.78 is 5.47. The monoisotopic (exact) mass is 341 g/mol. The topological polar surface area (TPSA) is 67.6 Å². The standard InChI is InChI=1S/C19H23N3O3/c1-15-6-8-16(9-7-15)19(21-10-12-25-13-11-21)14-20-17-4-2-3-5-18(17)22(23)24/h2-9,19-20H,10-14H2,1H3. The molecule has 0 aliphatic carbocycles. The van der Waals surface area contributed by atoms with Crippen LogP contribution >= 0.6 is 0 Å². The fourth-order valence-corrected chi connectivity index (χ4v) is 3.12. The lowest BCUT2D eigenvalue weighted by atomic mass is 10.0. The van der Waals surface area contributed by atoms with Crippen molar-refractivity contribution in [1.82, 2.24) is 4.90 Å². The normalized spacial score (nSPS) is 16.4. The van der Waals surface area contributed by atoms with Gasteiger partial charge in [-0.25, -0.2) is 0 Å². The number of rotatable bonds is 6. The maximum Gasteiger partial charge on any atom is 0.292 e. The third-order valence-corrected chi connectivity index (χ3v) is 4.54. The smallest absolute Gasteiger partial charge is 0.292 e. The third kappa shape index (κ3) is 4.35. The van der Waals surface area contributed by atoms with Crippen LogP contribution in [0.15, 0.2) is 48.5 Å². The van der Waals surface area contributed by atoms with Gasteiger partial charge in [-0.1, -0.05) is 42.0 Å². The highest BCUT2D eigenvalue weighted by molar-refractivity contribution is 5.61. The number of anilines is 1. The van der Waals surface area contributed by atoms with Gasteiger partial charge < -0.3 is 10.1 Å². The van der Waals surface area contributed by atoms with E-state index in [2.05, 4.69) is 41.4 Å². The van der Waals surface area contributed by atoms with Crippen molar-refractivity contribution in [3.05, 3.63) is 69.8 Å². The van der Waals surface area contributed by atoms with Crippen LogP contribution in [-0.4, -0.2) is 42.7 Å². The van der Waals surface area contributed by atoms with E-state index in [1.165, 1.54) is 17.2 Å². The van der Waals surface area contributed by atoms with E-state index in [-0.39, 0.29) is 16.7 Å². The molecule has 0 bridgehead atoms. The summed E-state index contributed by atoms with van der Waals surface area (Å²) in [5, 5.41) is 14.5. The maximum atomic E-state index is 11.2. The number of nitrogens with one attached hydrogen (secondary N) is 1. The van der Waals surface area contributed by atoms with Gasteiger partial charge in [-0.3, -0.25) is 15.0 Å². The van der Waals surface area contributed by atoms with Crippen LogP contribution < -0.4 is 5.32 Å². The molecule has 1 N–H and O–H groups in total. The highest BCUT2D eigenvalue weighted by atomic mass is 16.6. The van der Waals surface area contributed by atoms with Gasteiger partial charge >= 0.3 is 0 Å². The van der Waals surface area contributed by atoms with E-state index in [1.807, 2.05) is 6.07 Å². The van der Waals surface area contributed by atoms with Gasteiger partial charge in [0, 0.05) is 25.7 Å². The first-order chi connectivity index (χ1) is 12.1. The van der Waals surface area contributed by atoms with Crippen LogP contribution in [0.5, 0.6) is 0 Å². The molecule has 132 valence electrons. The zero-order valence-corrected chi connectivity index (χ0v) is 14.4. The number of ether oxygens (including phenoxy) is 1. The minimum Gasteiger partial charge on any atom is -0.379 e. The molecule has 0 spiro atoms. The second-order valence-electron chi connectivity index (χ2n) is 6.23. The summed E-state index contributed by atoms with van der Waals surface area (Å²) in [6.45, 7) is 5.82. The van der Waals surface area contributed by atoms with Crippen molar-refractivity contribution < 1.29 is 9.66 Å². The fraction of sp³-hybridized carbons (Fsp3) is 0.368. The Balaban J connectivity index is 1.80. The Morgan fingerprint density at radius 2 is 1.84 bits per heavy atom. The lowest BCUT2D eigenvalue weighted by Crippen LogP contribution is -2.41. The maximum absolute atomic E-state index is 11.2. The lowest BCUT2D eigenvalue weighted by molar-refractivity contribution is -0.384. The Labute approximate surface area is 147 Å². The van der Waals surface area contributed by atoms with E-state index in [0.29, 0.717) is 25.4 Å². The van der Waals surface area contributed by atoms with Crippen molar-refractivity contribution in [2.75, 3.05) is 38.2 Å². The number of para-hydroxylation sites is 2. The zero-order chi connectivity index (χ0) is 17.6. The molecule has 0 saturated carbocycles. The number of hydrogen-bond donors (Lipinski definition) is 1. The fourth-order valence-electron chi connectivity index (χ4n) is 3.12. The summed E-state index contributed by atoms with van der Waals surface area (Å²) in [6, 6.07) is 15.4. The van der Waals surface area contributed by atoms with Crippen molar-refractivity contribution in [2.24, 2.45) is 0 Å². The molecule has 1 saturated heterocycles. The summed E-state index contributed by atoms with van der Waals surface area (Å²) in [5.74, 6) is 0. The van der Waals surface area contributed by atoms with Crippen LogP contribution in [0.25, 0.3) is 0 Å². The first-order valence-electron chi connectivity index (χ1n) is 8.51. The lowest BCUT2D eigenvalue weighted by Gasteiger charge is -2.35. The minimum atomic E-state index is -0.349. The zero-order valence-electron chi connectivity index (χ0n) is 14.4. The number of nitro groups is 1. The first-order valence-corrected chi connectivity index (χ1v) is 8.51. The highest BCUT2D eigenvalue weighted by Crippen LogP contribution is 2.27. The van der Waals surface area contributed by atoms with Crippen LogP contribution in [0.4, 0.5) is 11.4 Å². The molecule has 6 heteroatoms. The SMILES string of the molecule is Cc1ccc(C(CNc2ccccc2[N+](=O)[O-])N2CCOCC2)cc1. The molecule has 0 amide bonds. The average molecular weight is 341 g/mol. The van der Waals surface area contributed by atoms with Gasteiger partial charge in [0.15, 0.2) is 0 Å². The quantitative estimate of drug-likeness (QED) is 0.644. The second kappa shape index (κ2) is 8.09. The number of nitrogens with zero attached hydrogens (tertiary/aromatic N) is 2. The van der Waals surface area contributed by atoms with E-state index >= 15 is 0 Å². The summed E-state index contributed by atoms with van der Waals surface area (Å²) in [7, 11) is 0. The third-order valence-electron chi connectivity index (χ3n) is 4.54. The molecule has 2 aromatic carbocycles. The van der Waals surface area contributed by atoms with E-state index in [0.717, 1.165) is 13.1 Å². The van der Waals surface area contributed by atoms with Crippen molar-refractivity contribution in [3.8, 4) is 0 Å². The number of hydrogen-bond acceptors (Lipinski definition) is 5. The number of nitro benzene ring substituents is 1. The largest absolute Gasteiger partial charge is 0.379 e. The summed E-state index contributed by atoms with van der Waals surface area (Å²) in [6.07, 6.45) is 0. The first kappa shape index (κ1) is 17.4. The van der Waals surface area contributed by atoms with Crippen LogP contribution in [0.3, 0.4) is 0 Å². The number of aryl methyl sites for hydroxylation is 1. The van der Waals surface area contributed by atoms with E-state index in [1.54, 1.807) is 12.1 Å². The highest BCUT2D eigenvalue weighted by Gasteiger charge is 2.23. The Morgan fingerprint density at radius 1 is 1.16 bits per heavy atom. The molecule has 1 unspecified atom stereocenters. The average Bonchev–Trinajstić information content (AvgIpc) is 2.64. The van der Waals surface area contributed by atoms with E-state index in [4.69, 9.17) is 4.74 Å². The van der Waals surface area contributed by atoms with Gasteiger partial charge in [0.2, 0.25) is 0 Å². The molecule has 1 fully saturated rings. The van der Waals surface area contributed by atoms with Crippen LogP contribution in [0.2, 0.25) is 0 Å². The molecule has 1 aliphatic rings. The Bertz CT molecular complexity index is 712. The summed E-state index contributed by atoms with van der Waals surface area (Å²) >= 11 is 0. The Morgan fingerprint density at radius 3 is 2.52 bits per heavy atom. The van der Waals surface area contributed by atoms with Gasteiger partial charge in [-0.2, -0.15) is 0 Å². The molecule has 2 aromatic rings. The summed E-state index contributed by atoms with van der Waals surface area (Å²) in [5.41, 5.74) is 3.08. The molecule has 1 heterocycles. The van der Waals surface area contributed by atoms with Crippen molar-refractivity contribution in [3.63, 3.8) is 0 Å². The predicted molar refractivity (Wildman–Crippen MR) is 97.9 cm³/mol. The number of morpholine rings is 1. The molecule has 1 aliphatic heterocycles. The van der Waals surface area contributed by atoms with Crippen molar-refractivity contribution in [2.45, 2.75) is 13.0 Å². The second-order valence-corrected chi connectivity index (χ2v) is 6.23. The van der Waals surface area contributed by atoms with Crippen LogP contribution in [0.1, 0.15) is 17.2 Å². The molecule has 3 rings (SSSR count). The molecular formula is C19H23N3O3. The minimum absolute atomic E-state index is 0.104.